The highest BCUT2D eigenvalue weighted by Crippen LogP contribution is 2.26. The zero-order chi connectivity index (χ0) is 20.4. The Morgan fingerprint density at radius 3 is 2.61 bits per heavy atom. The predicted octanol–water partition coefficient (Wildman–Crippen LogP) is 4.78. The van der Waals surface area contributed by atoms with Crippen LogP contribution in [0.25, 0.3) is 11.0 Å². The number of benzene rings is 2. The molecule has 0 aliphatic rings. The third-order valence-electron chi connectivity index (χ3n) is 4.98. The third kappa shape index (κ3) is 3.97. The number of amides is 1. The van der Waals surface area contributed by atoms with Crippen LogP contribution in [0.15, 0.2) is 50.1 Å². The molecule has 0 saturated carbocycles. The van der Waals surface area contributed by atoms with Crippen molar-refractivity contribution in [2.24, 2.45) is 0 Å². The second kappa shape index (κ2) is 8.19. The zero-order valence-electron chi connectivity index (χ0n) is 16.3. The minimum Gasteiger partial charge on any atom is -0.497 e. The van der Waals surface area contributed by atoms with Crippen LogP contribution in [-0.2, 0) is 11.2 Å². The molecule has 3 aromatic rings. The molecule has 1 amide bonds. The van der Waals surface area contributed by atoms with E-state index in [0.717, 1.165) is 26.7 Å². The quantitative estimate of drug-likeness (QED) is 0.532. The standard InChI is InChI=1S/C22H22BrNO4/c1-13-11-15(23)5-9-19(13)24(3)21(25)10-8-18-14(2)17-7-6-16(27-4)12-20(17)28-22(18)26/h5-7,9,11-12H,8,10H2,1-4H3. The van der Waals surface area contributed by atoms with E-state index in [1.54, 1.807) is 25.1 Å². The van der Waals surface area contributed by atoms with Crippen LogP contribution in [0, 0.1) is 13.8 Å². The number of hydrogen-bond donors (Lipinski definition) is 0. The van der Waals surface area contributed by atoms with Gasteiger partial charge >= 0.3 is 5.63 Å². The molecule has 0 spiro atoms. The van der Waals surface area contributed by atoms with Crippen molar-refractivity contribution in [3.05, 3.63) is 68.0 Å². The van der Waals surface area contributed by atoms with Gasteiger partial charge in [-0.05, 0) is 61.7 Å². The van der Waals surface area contributed by atoms with E-state index in [9.17, 15) is 9.59 Å². The molecule has 6 heteroatoms. The van der Waals surface area contributed by atoms with E-state index < -0.39 is 5.63 Å². The second-order valence-corrected chi connectivity index (χ2v) is 7.65. The summed E-state index contributed by atoms with van der Waals surface area (Å²) in [5.41, 5.74) is 3.30. The molecule has 0 aliphatic heterocycles. The lowest BCUT2D eigenvalue weighted by atomic mass is 10.0. The second-order valence-electron chi connectivity index (χ2n) is 6.74. The van der Waals surface area contributed by atoms with Gasteiger partial charge in [0.25, 0.3) is 0 Å². The Hall–Kier alpha value is -2.60. The fourth-order valence-corrected chi connectivity index (χ4v) is 3.80. The summed E-state index contributed by atoms with van der Waals surface area (Å²) >= 11 is 3.43. The summed E-state index contributed by atoms with van der Waals surface area (Å²) in [6.07, 6.45) is 0.550. The first kappa shape index (κ1) is 20.1. The van der Waals surface area contributed by atoms with Crippen LogP contribution >= 0.6 is 15.9 Å². The Morgan fingerprint density at radius 2 is 1.93 bits per heavy atom. The number of anilines is 1. The molecule has 0 bridgehead atoms. The van der Waals surface area contributed by atoms with Crippen LogP contribution in [0.5, 0.6) is 5.75 Å². The molecule has 1 heterocycles. The molecule has 3 rings (SSSR count). The molecule has 28 heavy (non-hydrogen) atoms. The first-order valence-corrected chi connectivity index (χ1v) is 9.74. The lowest BCUT2D eigenvalue weighted by molar-refractivity contribution is -0.118. The summed E-state index contributed by atoms with van der Waals surface area (Å²) in [6.45, 7) is 3.84. The van der Waals surface area contributed by atoms with Gasteiger partial charge in [0.05, 0.1) is 7.11 Å². The maximum atomic E-state index is 12.7. The van der Waals surface area contributed by atoms with Gasteiger partial charge in [0.15, 0.2) is 0 Å². The molecular formula is C22H22BrNO4. The van der Waals surface area contributed by atoms with Crippen molar-refractivity contribution < 1.29 is 13.9 Å². The van der Waals surface area contributed by atoms with Gasteiger partial charge < -0.3 is 14.1 Å². The highest BCUT2D eigenvalue weighted by molar-refractivity contribution is 9.10. The number of carbonyl (C=O) groups excluding carboxylic acids is 1. The van der Waals surface area contributed by atoms with E-state index in [1.807, 2.05) is 44.2 Å². The summed E-state index contributed by atoms with van der Waals surface area (Å²) in [5.74, 6) is 0.573. The number of carbonyl (C=O) groups is 1. The molecule has 0 atom stereocenters. The summed E-state index contributed by atoms with van der Waals surface area (Å²) < 4.78 is 11.6. The van der Waals surface area contributed by atoms with Crippen LogP contribution in [0.1, 0.15) is 23.1 Å². The zero-order valence-corrected chi connectivity index (χ0v) is 17.9. The van der Waals surface area contributed by atoms with Crippen LogP contribution in [0.4, 0.5) is 5.69 Å². The number of rotatable bonds is 5. The highest BCUT2D eigenvalue weighted by Gasteiger charge is 2.17. The molecule has 0 saturated heterocycles. The average molecular weight is 444 g/mol. The van der Waals surface area contributed by atoms with Crippen molar-refractivity contribution in [2.45, 2.75) is 26.7 Å². The van der Waals surface area contributed by atoms with Crippen LogP contribution in [0.3, 0.4) is 0 Å². The average Bonchev–Trinajstić information content (AvgIpc) is 2.66. The van der Waals surface area contributed by atoms with Gasteiger partial charge in [-0.2, -0.15) is 0 Å². The Labute approximate surface area is 172 Å². The number of aryl methyl sites for hydroxylation is 2. The van der Waals surface area contributed by atoms with E-state index in [0.29, 0.717) is 23.3 Å². The minimum atomic E-state index is -0.409. The van der Waals surface area contributed by atoms with Crippen molar-refractivity contribution in [3.63, 3.8) is 0 Å². The normalized spacial score (nSPS) is 10.9. The molecule has 0 radical (unpaired) electrons. The fourth-order valence-electron chi connectivity index (χ4n) is 3.32. The van der Waals surface area contributed by atoms with Crippen molar-refractivity contribution in [1.82, 2.24) is 0 Å². The van der Waals surface area contributed by atoms with E-state index in [4.69, 9.17) is 9.15 Å². The van der Waals surface area contributed by atoms with Crippen molar-refractivity contribution in [3.8, 4) is 5.75 Å². The van der Waals surface area contributed by atoms with Gasteiger partial charge in [-0.15, -0.1) is 0 Å². The van der Waals surface area contributed by atoms with Gasteiger partial charge in [-0.25, -0.2) is 4.79 Å². The summed E-state index contributed by atoms with van der Waals surface area (Å²) in [6, 6.07) is 11.2. The minimum absolute atomic E-state index is 0.0564. The maximum absolute atomic E-state index is 12.7. The number of nitrogens with zero attached hydrogens (tertiary/aromatic N) is 1. The van der Waals surface area contributed by atoms with E-state index in [1.165, 1.54) is 0 Å². The predicted molar refractivity (Wildman–Crippen MR) is 114 cm³/mol. The fraction of sp³-hybridized carbons (Fsp3) is 0.273. The van der Waals surface area contributed by atoms with Crippen LogP contribution in [0.2, 0.25) is 0 Å². The number of ether oxygens (including phenoxy) is 1. The molecule has 146 valence electrons. The van der Waals surface area contributed by atoms with Gasteiger partial charge in [0, 0.05) is 40.6 Å². The summed E-state index contributed by atoms with van der Waals surface area (Å²) in [5, 5.41) is 0.847. The Morgan fingerprint density at radius 1 is 1.18 bits per heavy atom. The van der Waals surface area contributed by atoms with Crippen molar-refractivity contribution >= 4 is 38.5 Å². The Bertz CT molecular complexity index is 1100. The number of fused-ring (bicyclic) bond motifs is 1. The maximum Gasteiger partial charge on any atom is 0.339 e. The molecule has 1 aromatic heterocycles. The van der Waals surface area contributed by atoms with Gasteiger partial charge in [-0.3, -0.25) is 4.79 Å². The number of methoxy groups -OCH3 is 1. The molecule has 0 N–H and O–H groups in total. The molecule has 0 fully saturated rings. The third-order valence-corrected chi connectivity index (χ3v) is 5.47. The van der Waals surface area contributed by atoms with Crippen molar-refractivity contribution in [1.29, 1.82) is 0 Å². The smallest absolute Gasteiger partial charge is 0.339 e. The van der Waals surface area contributed by atoms with E-state index >= 15 is 0 Å². The number of halogens is 1. The van der Waals surface area contributed by atoms with Gasteiger partial charge in [-0.1, -0.05) is 15.9 Å². The molecule has 0 unspecified atom stereocenters. The van der Waals surface area contributed by atoms with Crippen molar-refractivity contribution in [2.75, 3.05) is 19.1 Å². The largest absolute Gasteiger partial charge is 0.497 e. The molecular weight excluding hydrogens is 422 g/mol. The Balaban J connectivity index is 1.83. The number of hydrogen-bond acceptors (Lipinski definition) is 4. The van der Waals surface area contributed by atoms with E-state index in [-0.39, 0.29) is 12.3 Å². The SMILES string of the molecule is COc1ccc2c(C)c(CCC(=O)N(C)c3ccc(Br)cc3C)c(=O)oc2c1. The van der Waals surface area contributed by atoms with Crippen LogP contribution in [-0.4, -0.2) is 20.1 Å². The molecule has 2 aromatic carbocycles. The summed E-state index contributed by atoms with van der Waals surface area (Å²) in [4.78, 5) is 26.8. The Kier molecular flexibility index (Phi) is 5.89. The lowest BCUT2D eigenvalue weighted by Crippen LogP contribution is -2.27. The van der Waals surface area contributed by atoms with Gasteiger partial charge in [0.2, 0.25) is 5.91 Å². The first-order chi connectivity index (χ1) is 13.3. The molecule has 5 nitrogen and oxygen atoms in total. The van der Waals surface area contributed by atoms with Gasteiger partial charge in [0.1, 0.15) is 11.3 Å². The lowest BCUT2D eigenvalue weighted by Gasteiger charge is -2.20. The topological polar surface area (TPSA) is 59.8 Å². The van der Waals surface area contributed by atoms with Crippen LogP contribution < -0.4 is 15.3 Å². The first-order valence-electron chi connectivity index (χ1n) is 8.95. The summed E-state index contributed by atoms with van der Waals surface area (Å²) in [7, 11) is 3.32. The molecule has 0 aliphatic carbocycles. The monoisotopic (exact) mass is 443 g/mol. The van der Waals surface area contributed by atoms with E-state index in [2.05, 4.69) is 15.9 Å². The highest BCUT2D eigenvalue weighted by atomic mass is 79.9.